The number of aryl methyl sites for hydroxylation is 1. The first kappa shape index (κ1) is 12.3. The fourth-order valence-electron chi connectivity index (χ4n) is 2.13. The lowest BCUT2D eigenvalue weighted by molar-refractivity contribution is 0.102. The van der Waals surface area contributed by atoms with Crippen molar-refractivity contribution < 1.29 is 5.11 Å². The Labute approximate surface area is 93.1 Å². The Morgan fingerprint density at radius 2 is 1.67 bits per heavy atom. The first-order valence-electron chi connectivity index (χ1n) is 6.00. The predicted octanol–water partition coefficient (Wildman–Crippen LogP) is 3.72. The van der Waals surface area contributed by atoms with Gasteiger partial charge in [-0.2, -0.15) is 0 Å². The molecule has 0 spiro atoms. The Kier molecular flexibility index (Phi) is 4.83. The summed E-state index contributed by atoms with van der Waals surface area (Å²) in [5.41, 5.74) is 2.39. The molecule has 1 unspecified atom stereocenters. The van der Waals surface area contributed by atoms with Gasteiger partial charge in [0.15, 0.2) is 0 Å². The molecule has 1 N–H and O–H groups in total. The highest BCUT2D eigenvalue weighted by atomic mass is 16.3. The van der Waals surface area contributed by atoms with Gasteiger partial charge in [0.25, 0.3) is 0 Å². The van der Waals surface area contributed by atoms with Gasteiger partial charge in [0.1, 0.15) is 0 Å². The third kappa shape index (κ3) is 2.82. The van der Waals surface area contributed by atoms with E-state index in [1.165, 1.54) is 5.56 Å². The van der Waals surface area contributed by atoms with Gasteiger partial charge in [-0.05, 0) is 23.5 Å². The summed E-state index contributed by atoms with van der Waals surface area (Å²) >= 11 is 0. The maximum atomic E-state index is 10.3. The topological polar surface area (TPSA) is 20.2 Å². The van der Waals surface area contributed by atoms with Crippen molar-refractivity contribution in [2.45, 2.75) is 46.1 Å². The number of hydrogen-bond donors (Lipinski definition) is 1. The number of rotatable bonds is 5. The van der Waals surface area contributed by atoms with Gasteiger partial charge in [0.2, 0.25) is 0 Å². The zero-order chi connectivity index (χ0) is 11.3. The second-order valence-electron chi connectivity index (χ2n) is 4.07. The van der Waals surface area contributed by atoms with E-state index in [-0.39, 0.29) is 6.10 Å². The van der Waals surface area contributed by atoms with Gasteiger partial charge in [-0.25, -0.2) is 0 Å². The second-order valence-corrected chi connectivity index (χ2v) is 4.07. The molecule has 1 aromatic rings. The summed E-state index contributed by atoms with van der Waals surface area (Å²) < 4.78 is 0. The summed E-state index contributed by atoms with van der Waals surface area (Å²) in [6.07, 6.45) is 2.77. The largest absolute Gasteiger partial charge is 0.388 e. The fourth-order valence-corrected chi connectivity index (χ4v) is 2.13. The molecule has 0 radical (unpaired) electrons. The molecule has 0 aliphatic carbocycles. The van der Waals surface area contributed by atoms with Crippen LogP contribution < -0.4 is 0 Å². The van der Waals surface area contributed by atoms with Crippen molar-refractivity contribution in [1.82, 2.24) is 0 Å². The molecule has 1 atom stereocenters. The molecule has 0 aromatic heterocycles. The molecule has 0 aliphatic rings. The number of aliphatic hydroxyl groups excluding tert-OH is 1. The molecule has 84 valence electrons. The minimum absolute atomic E-state index is 0.295. The van der Waals surface area contributed by atoms with Gasteiger partial charge < -0.3 is 5.11 Å². The van der Waals surface area contributed by atoms with Crippen LogP contribution in [0.25, 0.3) is 0 Å². The molecule has 1 heteroatoms. The Bertz CT molecular complexity index is 289. The standard InChI is InChI=1S/C14H22O/c1-4-11(5-2)14(15)13-10-8-7-9-12(13)6-3/h7-11,14-15H,4-6H2,1-3H3. The Balaban J connectivity index is 2.93. The van der Waals surface area contributed by atoms with Crippen LogP contribution in [0.4, 0.5) is 0 Å². The first-order valence-corrected chi connectivity index (χ1v) is 6.00. The summed E-state index contributed by atoms with van der Waals surface area (Å²) in [5.74, 6) is 0.387. The van der Waals surface area contributed by atoms with Gasteiger partial charge in [0, 0.05) is 0 Å². The van der Waals surface area contributed by atoms with Crippen LogP contribution in [0.1, 0.15) is 50.8 Å². The van der Waals surface area contributed by atoms with Crippen molar-refractivity contribution >= 4 is 0 Å². The van der Waals surface area contributed by atoms with Gasteiger partial charge in [-0.15, -0.1) is 0 Å². The van der Waals surface area contributed by atoms with Crippen LogP contribution in [0.3, 0.4) is 0 Å². The molecule has 1 rings (SSSR count). The van der Waals surface area contributed by atoms with Crippen LogP contribution in [-0.4, -0.2) is 5.11 Å². The van der Waals surface area contributed by atoms with Crippen LogP contribution in [0.5, 0.6) is 0 Å². The highest BCUT2D eigenvalue weighted by Gasteiger charge is 2.19. The minimum Gasteiger partial charge on any atom is -0.388 e. The quantitative estimate of drug-likeness (QED) is 0.778. The van der Waals surface area contributed by atoms with E-state index >= 15 is 0 Å². The SMILES string of the molecule is CCc1ccccc1C(O)C(CC)CC. The van der Waals surface area contributed by atoms with E-state index in [0.29, 0.717) is 5.92 Å². The molecule has 1 aromatic carbocycles. The molecule has 1 nitrogen and oxygen atoms in total. The maximum absolute atomic E-state index is 10.3. The maximum Gasteiger partial charge on any atom is 0.0820 e. The lowest BCUT2D eigenvalue weighted by Crippen LogP contribution is -2.12. The van der Waals surface area contributed by atoms with E-state index in [9.17, 15) is 5.11 Å². The van der Waals surface area contributed by atoms with Crippen molar-refractivity contribution in [3.8, 4) is 0 Å². The second kappa shape index (κ2) is 5.92. The number of hydrogen-bond acceptors (Lipinski definition) is 1. The smallest absolute Gasteiger partial charge is 0.0820 e. The molecular formula is C14H22O. The summed E-state index contributed by atoms with van der Waals surface area (Å²) in [7, 11) is 0. The van der Waals surface area contributed by atoms with E-state index in [0.717, 1.165) is 24.8 Å². The van der Waals surface area contributed by atoms with E-state index in [1.807, 2.05) is 12.1 Å². The van der Waals surface area contributed by atoms with E-state index in [1.54, 1.807) is 0 Å². The first-order chi connectivity index (χ1) is 7.24. The van der Waals surface area contributed by atoms with Crippen LogP contribution >= 0.6 is 0 Å². The van der Waals surface area contributed by atoms with Gasteiger partial charge >= 0.3 is 0 Å². The number of benzene rings is 1. The fraction of sp³-hybridized carbons (Fsp3) is 0.571. The average molecular weight is 206 g/mol. The minimum atomic E-state index is -0.295. The van der Waals surface area contributed by atoms with Crippen molar-refractivity contribution in [3.63, 3.8) is 0 Å². The van der Waals surface area contributed by atoms with Gasteiger partial charge in [-0.1, -0.05) is 57.9 Å². The molecule has 0 heterocycles. The Hall–Kier alpha value is -0.820. The van der Waals surface area contributed by atoms with E-state index in [2.05, 4.69) is 32.9 Å². The Morgan fingerprint density at radius 3 is 2.20 bits per heavy atom. The summed E-state index contributed by atoms with van der Waals surface area (Å²) in [5, 5.41) is 10.3. The monoisotopic (exact) mass is 206 g/mol. The van der Waals surface area contributed by atoms with Crippen molar-refractivity contribution in [2.75, 3.05) is 0 Å². The third-order valence-corrected chi connectivity index (χ3v) is 3.25. The van der Waals surface area contributed by atoms with Crippen LogP contribution in [0.2, 0.25) is 0 Å². The molecule has 0 amide bonds. The lowest BCUT2D eigenvalue weighted by Gasteiger charge is -2.22. The summed E-state index contributed by atoms with van der Waals surface area (Å²) in [6, 6.07) is 8.23. The molecule has 15 heavy (non-hydrogen) atoms. The molecule has 0 bridgehead atoms. The molecule has 0 saturated carbocycles. The highest BCUT2D eigenvalue weighted by molar-refractivity contribution is 5.29. The zero-order valence-electron chi connectivity index (χ0n) is 10.0. The van der Waals surface area contributed by atoms with Crippen molar-refractivity contribution in [1.29, 1.82) is 0 Å². The molecule has 0 saturated heterocycles. The molecular weight excluding hydrogens is 184 g/mol. The highest BCUT2D eigenvalue weighted by Crippen LogP contribution is 2.29. The third-order valence-electron chi connectivity index (χ3n) is 3.25. The molecule has 0 fully saturated rings. The van der Waals surface area contributed by atoms with Crippen molar-refractivity contribution in [2.24, 2.45) is 5.92 Å². The zero-order valence-corrected chi connectivity index (χ0v) is 10.0. The van der Waals surface area contributed by atoms with Crippen LogP contribution in [-0.2, 0) is 6.42 Å². The van der Waals surface area contributed by atoms with Crippen LogP contribution in [0.15, 0.2) is 24.3 Å². The van der Waals surface area contributed by atoms with Gasteiger partial charge in [0.05, 0.1) is 6.10 Å². The number of aliphatic hydroxyl groups is 1. The lowest BCUT2D eigenvalue weighted by atomic mass is 9.88. The average Bonchev–Trinajstić information content (AvgIpc) is 2.30. The van der Waals surface area contributed by atoms with E-state index < -0.39 is 0 Å². The van der Waals surface area contributed by atoms with Gasteiger partial charge in [-0.3, -0.25) is 0 Å². The van der Waals surface area contributed by atoms with E-state index in [4.69, 9.17) is 0 Å². The van der Waals surface area contributed by atoms with Crippen molar-refractivity contribution in [3.05, 3.63) is 35.4 Å². The summed E-state index contributed by atoms with van der Waals surface area (Å²) in [6.45, 7) is 6.43. The molecule has 0 aliphatic heterocycles. The normalized spacial score (nSPS) is 13.1. The van der Waals surface area contributed by atoms with Crippen LogP contribution in [0, 0.1) is 5.92 Å². The Morgan fingerprint density at radius 1 is 1.07 bits per heavy atom. The summed E-state index contributed by atoms with van der Waals surface area (Å²) in [4.78, 5) is 0. The predicted molar refractivity (Wildman–Crippen MR) is 64.9 cm³/mol.